The molecule has 0 unspecified atom stereocenters. The first kappa shape index (κ1) is 25.2. The standard InChI is InChI=1S/C26H39N3O4/c1-5-23(24(30)27-22-9-7-21(8-10-22)26(32)33-6-2)28-13-11-20(12-14-28)25(31)29-16-18(3)15-19(4)17-29/h7-10,18-20,23H,5-6,11-17H2,1-4H3,(H,27,30)/t18-,19+,23-/m1/s1. The van der Waals surface area contributed by atoms with Crippen molar-refractivity contribution in [1.29, 1.82) is 0 Å². The summed E-state index contributed by atoms with van der Waals surface area (Å²) in [6, 6.07) is 6.54. The highest BCUT2D eigenvalue weighted by molar-refractivity contribution is 5.96. The summed E-state index contributed by atoms with van der Waals surface area (Å²) in [6.07, 6.45) is 3.50. The number of benzene rings is 1. The summed E-state index contributed by atoms with van der Waals surface area (Å²) in [6.45, 7) is 11.8. The molecule has 0 bridgehead atoms. The molecule has 2 saturated heterocycles. The van der Waals surface area contributed by atoms with Crippen molar-refractivity contribution in [2.24, 2.45) is 17.8 Å². The van der Waals surface area contributed by atoms with E-state index in [0.717, 1.165) is 39.0 Å². The molecule has 182 valence electrons. The zero-order valence-electron chi connectivity index (χ0n) is 20.5. The third kappa shape index (κ3) is 6.56. The van der Waals surface area contributed by atoms with E-state index in [9.17, 15) is 14.4 Å². The van der Waals surface area contributed by atoms with Crippen molar-refractivity contribution in [3.05, 3.63) is 29.8 Å². The lowest BCUT2D eigenvalue weighted by molar-refractivity contribution is -0.140. The van der Waals surface area contributed by atoms with E-state index in [4.69, 9.17) is 4.74 Å². The number of carbonyl (C=O) groups excluding carboxylic acids is 3. The number of hydrogen-bond donors (Lipinski definition) is 1. The molecule has 0 saturated carbocycles. The highest BCUT2D eigenvalue weighted by Crippen LogP contribution is 2.27. The molecular formula is C26H39N3O4. The Hall–Kier alpha value is -2.41. The summed E-state index contributed by atoms with van der Waals surface area (Å²) in [5, 5.41) is 2.98. The Bertz CT molecular complexity index is 807. The number of hydrogen-bond acceptors (Lipinski definition) is 5. The van der Waals surface area contributed by atoms with Crippen LogP contribution in [-0.2, 0) is 14.3 Å². The molecule has 2 aliphatic heterocycles. The summed E-state index contributed by atoms with van der Waals surface area (Å²) >= 11 is 0. The Labute approximate surface area is 197 Å². The van der Waals surface area contributed by atoms with Gasteiger partial charge in [-0.15, -0.1) is 0 Å². The van der Waals surface area contributed by atoms with E-state index in [2.05, 4.69) is 29.0 Å². The van der Waals surface area contributed by atoms with Crippen molar-refractivity contribution in [3.8, 4) is 0 Å². The summed E-state index contributed by atoms with van der Waals surface area (Å²) in [5.41, 5.74) is 1.12. The van der Waals surface area contributed by atoms with Crippen LogP contribution in [-0.4, -0.2) is 66.4 Å². The number of ether oxygens (including phenoxy) is 1. The maximum Gasteiger partial charge on any atom is 0.338 e. The van der Waals surface area contributed by atoms with Gasteiger partial charge in [-0.05, 0) is 81.8 Å². The van der Waals surface area contributed by atoms with Crippen LogP contribution in [0, 0.1) is 17.8 Å². The van der Waals surface area contributed by atoms with Crippen LogP contribution in [0.15, 0.2) is 24.3 Å². The minimum absolute atomic E-state index is 0.0511. The second-order valence-electron chi connectivity index (χ2n) is 9.71. The molecule has 33 heavy (non-hydrogen) atoms. The fraction of sp³-hybridized carbons (Fsp3) is 0.654. The average Bonchev–Trinajstić information content (AvgIpc) is 2.79. The van der Waals surface area contributed by atoms with Crippen LogP contribution in [0.5, 0.6) is 0 Å². The van der Waals surface area contributed by atoms with Gasteiger partial charge in [-0.25, -0.2) is 4.79 Å². The first-order valence-corrected chi connectivity index (χ1v) is 12.4. The summed E-state index contributed by atoms with van der Waals surface area (Å²) in [5.74, 6) is 1.08. The molecule has 2 aliphatic rings. The number of nitrogens with zero attached hydrogens (tertiary/aromatic N) is 2. The van der Waals surface area contributed by atoms with E-state index in [1.165, 1.54) is 6.42 Å². The van der Waals surface area contributed by atoms with Gasteiger partial charge in [-0.1, -0.05) is 20.8 Å². The molecular weight excluding hydrogens is 418 g/mol. The summed E-state index contributed by atoms with van der Waals surface area (Å²) in [7, 11) is 0. The normalized spacial score (nSPS) is 23.1. The number of piperidine rings is 2. The van der Waals surface area contributed by atoms with E-state index < -0.39 is 0 Å². The molecule has 2 heterocycles. The summed E-state index contributed by atoms with van der Waals surface area (Å²) in [4.78, 5) is 42.1. The fourth-order valence-electron chi connectivity index (χ4n) is 5.30. The number of likely N-dealkylation sites (tertiary alicyclic amines) is 2. The zero-order valence-corrected chi connectivity index (χ0v) is 20.5. The molecule has 2 amide bonds. The van der Waals surface area contributed by atoms with Crippen LogP contribution in [0.4, 0.5) is 5.69 Å². The second-order valence-corrected chi connectivity index (χ2v) is 9.71. The third-order valence-corrected chi connectivity index (χ3v) is 6.85. The SMILES string of the molecule is CCOC(=O)c1ccc(NC(=O)[C@@H](CC)N2CCC(C(=O)N3C[C@H](C)C[C@H](C)C3)CC2)cc1. The number of rotatable bonds is 7. The predicted molar refractivity (Wildman–Crippen MR) is 129 cm³/mol. The fourth-order valence-corrected chi connectivity index (χ4v) is 5.30. The molecule has 7 heteroatoms. The van der Waals surface area contributed by atoms with E-state index in [1.54, 1.807) is 31.2 Å². The number of esters is 1. The Morgan fingerprint density at radius 1 is 1.03 bits per heavy atom. The molecule has 7 nitrogen and oxygen atoms in total. The van der Waals surface area contributed by atoms with Crippen molar-refractivity contribution in [2.45, 2.75) is 59.4 Å². The number of carbonyl (C=O) groups is 3. The van der Waals surface area contributed by atoms with Gasteiger partial charge in [-0.3, -0.25) is 14.5 Å². The first-order valence-electron chi connectivity index (χ1n) is 12.4. The smallest absolute Gasteiger partial charge is 0.338 e. The molecule has 1 aromatic carbocycles. The van der Waals surface area contributed by atoms with Crippen molar-refractivity contribution < 1.29 is 19.1 Å². The zero-order chi connectivity index (χ0) is 24.0. The van der Waals surface area contributed by atoms with Gasteiger partial charge >= 0.3 is 5.97 Å². The molecule has 1 aromatic rings. The number of anilines is 1. The van der Waals surface area contributed by atoms with Crippen LogP contribution in [0.1, 0.15) is 63.7 Å². The average molecular weight is 458 g/mol. The lowest BCUT2D eigenvalue weighted by Gasteiger charge is -2.40. The highest BCUT2D eigenvalue weighted by atomic mass is 16.5. The Kier molecular flexibility index (Phi) is 8.89. The first-order chi connectivity index (χ1) is 15.8. The largest absolute Gasteiger partial charge is 0.462 e. The minimum Gasteiger partial charge on any atom is -0.462 e. The van der Waals surface area contributed by atoms with Gasteiger partial charge in [0, 0.05) is 24.7 Å². The quantitative estimate of drug-likeness (QED) is 0.630. The van der Waals surface area contributed by atoms with Gasteiger partial charge in [0.2, 0.25) is 11.8 Å². The molecule has 0 aromatic heterocycles. The van der Waals surface area contributed by atoms with Gasteiger partial charge < -0.3 is 15.0 Å². The third-order valence-electron chi connectivity index (χ3n) is 6.85. The van der Waals surface area contributed by atoms with Crippen LogP contribution in [0.2, 0.25) is 0 Å². The van der Waals surface area contributed by atoms with Gasteiger partial charge in [0.05, 0.1) is 18.2 Å². The predicted octanol–water partition coefficient (Wildman–Crippen LogP) is 3.80. The van der Waals surface area contributed by atoms with Crippen LogP contribution < -0.4 is 5.32 Å². The van der Waals surface area contributed by atoms with Gasteiger partial charge in [0.25, 0.3) is 0 Å². The van der Waals surface area contributed by atoms with E-state index in [-0.39, 0.29) is 23.8 Å². The molecule has 0 spiro atoms. The van der Waals surface area contributed by atoms with Crippen molar-refractivity contribution in [3.63, 3.8) is 0 Å². The molecule has 3 rings (SSSR count). The Morgan fingerprint density at radius 3 is 2.18 bits per heavy atom. The van der Waals surface area contributed by atoms with Gasteiger partial charge in [0.1, 0.15) is 0 Å². The van der Waals surface area contributed by atoms with E-state index >= 15 is 0 Å². The van der Waals surface area contributed by atoms with E-state index in [1.807, 2.05) is 6.92 Å². The van der Waals surface area contributed by atoms with Crippen molar-refractivity contribution in [2.75, 3.05) is 38.1 Å². The topological polar surface area (TPSA) is 79.0 Å². The molecule has 0 radical (unpaired) electrons. The number of amides is 2. The van der Waals surface area contributed by atoms with E-state index in [0.29, 0.717) is 42.0 Å². The van der Waals surface area contributed by atoms with Crippen LogP contribution >= 0.6 is 0 Å². The van der Waals surface area contributed by atoms with Crippen molar-refractivity contribution >= 4 is 23.5 Å². The highest BCUT2D eigenvalue weighted by Gasteiger charge is 2.35. The van der Waals surface area contributed by atoms with Gasteiger partial charge in [0.15, 0.2) is 0 Å². The van der Waals surface area contributed by atoms with Crippen molar-refractivity contribution in [1.82, 2.24) is 9.80 Å². The maximum atomic E-state index is 13.1. The molecule has 2 fully saturated rings. The monoisotopic (exact) mass is 457 g/mol. The van der Waals surface area contributed by atoms with Crippen LogP contribution in [0.25, 0.3) is 0 Å². The maximum absolute atomic E-state index is 13.1. The molecule has 0 aliphatic carbocycles. The summed E-state index contributed by atoms with van der Waals surface area (Å²) < 4.78 is 5.00. The second kappa shape index (κ2) is 11.6. The lowest BCUT2D eigenvalue weighted by atomic mass is 9.88. The Morgan fingerprint density at radius 2 is 1.64 bits per heavy atom. The number of nitrogens with one attached hydrogen (secondary N) is 1. The van der Waals surface area contributed by atoms with Crippen LogP contribution in [0.3, 0.4) is 0 Å². The Balaban J connectivity index is 1.52. The molecule has 1 N–H and O–H groups in total. The van der Waals surface area contributed by atoms with Gasteiger partial charge in [-0.2, -0.15) is 0 Å². The minimum atomic E-state index is -0.368. The lowest BCUT2D eigenvalue weighted by Crippen LogP contribution is -2.51. The molecule has 3 atom stereocenters.